The Labute approximate surface area is 158 Å². The van der Waals surface area contributed by atoms with Crippen LogP contribution < -0.4 is 15.4 Å². The van der Waals surface area contributed by atoms with Crippen molar-refractivity contribution in [2.45, 2.75) is 33.2 Å². The summed E-state index contributed by atoms with van der Waals surface area (Å²) in [5.41, 5.74) is 3.32. The Hall–Kier alpha value is -2.01. The van der Waals surface area contributed by atoms with Gasteiger partial charge in [0, 0.05) is 16.6 Å². The maximum Gasteiger partial charge on any atom is 0.315 e. The zero-order valence-corrected chi connectivity index (χ0v) is 16.5. The fourth-order valence-corrected chi connectivity index (χ4v) is 2.85. The second-order valence-corrected chi connectivity index (χ2v) is 6.89. The third kappa shape index (κ3) is 6.09. The average Bonchev–Trinajstić information content (AvgIpc) is 2.58. The molecule has 2 rings (SSSR count). The standard InChI is InChI=1S/C20H25BrN2O2/c1-4-25-19-10-5-14(2)13-18(19)15(3)23-20(24)22-12-11-16-6-8-17(21)9-7-16/h5-10,13,15H,4,11-12H2,1-3H3,(H2,22,23,24). The van der Waals surface area contributed by atoms with Crippen molar-refractivity contribution in [3.8, 4) is 5.75 Å². The minimum atomic E-state index is -0.173. The van der Waals surface area contributed by atoms with Crippen LogP contribution in [0.1, 0.15) is 36.6 Å². The summed E-state index contributed by atoms with van der Waals surface area (Å²) in [7, 11) is 0. The Morgan fingerprint density at radius 1 is 1.20 bits per heavy atom. The van der Waals surface area contributed by atoms with E-state index in [1.807, 2.05) is 57.2 Å². The molecule has 0 aliphatic rings. The first kappa shape index (κ1) is 19.3. The van der Waals surface area contributed by atoms with Gasteiger partial charge in [-0.25, -0.2) is 4.79 Å². The van der Waals surface area contributed by atoms with E-state index < -0.39 is 0 Å². The first-order valence-corrected chi connectivity index (χ1v) is 9.31. The van der Waals surface area contributed by atoms with Crippen LogP contribution in [-0.4, -0.2) is 19.2 Å². The Bertz CT molecular complexity index is 701. The molecule has 25 heavy (non-hydrogen) atoms. The zero-order chi connectivity index (χ0) is 18.2. The molecule has 0 saturated heterocycles. The molecule has 2 N–H and O–H groups in total. The molecule has 0 radical (unpaired) electrons. The Balaban J connectivity index is 1.87. The highest BCUT2D eigenvalue weighted by Gasteiger charge is 2.14. The molecule has 1 unspecified atom stereocenters. The first-order valence-electron chi connectivity index (χ1n) is 8.51. The van der Waals surface area contributed by atoms with Crippen molar-refractivity contribution in [2.75, 3.05) is 13.2 Å². The highest BCUT2D eigenvalue weighted by Crippen LogP contribution is 2.26. The van der Waals surface area contributed by atoms with Crippen molar-refractivity contribution in [2.24, 2.45) is 0 Å². The summed E-state index contributed by atoms with van der Waals surface area (Å²) in [4.78, 5) is 12.2. The molecule has 2 aromatic carbocycles. The molecule has 0 spiro atoms. The molecule has 5 heteroatoms. The number of nitrogens with one attached hydrogen (secondary N) is 2. The molecule has 0 heterocycles. The minimum absolute atomic E-state index is 0.130. The largest absolute Gasteiger partial charge is 0.494 e. The lowest BCUT2D eigenvalue weighted by molar-refractivity contribution is 0.237. The molecule has 2 aromatic rings. The number of benzene rings is 2. The number of rotatable bonds is 7. The van der Waals surface area contributed by atoms with Crippen molar-refractivity contribution in [3.05, 3.63) is 63.6 Å². The van der Waals surface area contributed by atoms with Crippen LogP contribution in [0.3, 0.4) is 0 Å². The van der Waals surface area contributed by atoms with Crippen LogP contribution in [-0.2, 0) is 6.42 Å². The molecule has 0 aliphatic carbocycles. The van der Waals surface area contributed by atoms with E-state index in [0.29, 0.717) is 13.2 Å². The summed E-state index contributed by atoms with van der Waals surface area (Å²) in [5.74, 6) is 0.816. The Morgan fingerprint density at radius 2 is 1.92 bits per heavy atom. The predicted molar refractivity (Wildman–Crippen MR) is 105 cm³/mol. The predicted octanol–water partition coefficient (Wildman–Crippen LogP) is 4.76. The molecule has 0 saturated carbocycles. The van der Waals surface area contributed by atoms with Gasteiger partial charge in [0.25, 0.3) is 0 Å². The van der Waals surface area contributed by atoms with Crippen LogP contribution in [0.25, 0.3) is 0 Å². The van der Waals surface area contributed by atoms with E-state index >= 15 is 0 Å². The summed E-state index contributed by atoms with van der Waals surface area (Å²) in [6.07, 6.45) is 0.795. The van der Waals surface area contributed by atoms with Crippen LogP contribution in [0, 0.1) is 6.92 Å². The van der Waals surface area contributed by atoms with Gasteiger partial charge in [-0.2, -0.15) is 0 Å². The maximum atomic E-state index is 12.2. The summed E-state index contributed by atoms with van der Waals surface area (Å²) in [5, 5.41) is 5.89. The topological polar surface area (TPSA) is 50.4 Å². The number of hydrogen-bond donors (Lipinski definition) is 2. The van der Waals surface area contributed by atoms with Gasteiger partial charge in [-0.3, -0.25) is 0 Å². The summed E-state index contributed by atoms with van der Waals surface area (Å²) < 4.78 is 6.72. The van der Waals surface area contributed by atoms with Crippen LogP contribution >= 0.6 is 15.9 Å². The number of hydrogen-bond acceptors (Lipinski definition) is 2. The molecular formula is C20H25BrN2O2. The maximum absolute atomic E-state index is 12.2. The fraction of sp³-hybridized carbons (Fsp3) is 0.350. The molecule has 0 aromatic heterocycles. The van der Waals surface area contributed by atoms with Gasteiger partial charge in [-0.1, -0.05) is 45.8 Å². The second kappa shape index (κ2) is 9.47. The van der Waals surface area contributed by atoms with Crippen molar-refractivity contribution in [1.82, 2.24) is 10.6 Å². The fourth-order valence-electron chi connectivity index (χ4n) is 2.59. The normalized spacial score (nSPS) is 11.7. The van der Waals surface area contributed by atoms with Crippen molar-refractivity contribution >= 4 is 22.0 Å². The number of carbonyl (C=O) groups excluding carboxylic acids is 1. The Morgan fingerprint density at radius 3 is 2.60 bits per heavy atom. The van der Waals surface area contributed by atoms with Crippen LogP contribution in [0.5, 0.6) is 5.75 Å². The van der Waals surface area contributed by atoms with E-state index in [2.05, 4.69) is 32.6 Å². The molecule has 2 amide bonds. The lowest BCUT2D eigenvalue weighted by Crippen LogP contribution is -2.38. The van der Waals surface area contributed by atoms with E-state index in [-0.39, 0.29) is 12.1 Å². The van der Waals surface area contributed by atoms with E-state index in [0.717, 1.165) is 27.8 Å². The molecule has 134 valence electrons. The van der Waals surface area contributed by atoms with E-state index in [1.54, 1.807) is 0 Å². The molecule has 0 aliphatic heterocycles. The van der Waals surface area contributed by atoms with Gasteiger partial charge in [0.15, 0.2) is 0 Å². The van der Waals surface area contributed by atoms with E-state index in [4.69, 9.17) is 4.74 Å². The quantitative estimate of drug-likeness (QED) is 0.698. The van der Waals surface area contributed by atoms with Crippen LogP contribution in [0.2, 0.25) is 0 Å². The van der Waals surface area contributed by atoms with Crippen molar-refractivity contribution < 1.29 is 9.53 Å². The first-order chi connectivity index (χ1) is 12.0. The number of halogens is 1. The minimum Gasteiger partial charge on any atom is -0.494 e. The average molecular weight is 405 g/mol. The van der Waals surface area contributed by atoms with E-state index in [1.165, 1.54) is 5.56 Å². The smallest absolute Gasteiger partial charge is 0.315 e. The van der Waals surface area contributed by atoms with Gasteiger partial charge in [0.1, 0.15) is 5.75 Å². The SMILES string of the molecule is CCOc1ccc(C)cc1C(C)NC(=O)NCCc1ccc(Br)cc1. The van der Waals surface area contributed by atoms with Crippen molar-refractivity contribution in [1.29, 1.82) is 0 Å². The third-order valence-corrected chi connectivity index (χ3v) is 4.42. The lowest BCUT2D eigenvalue weighted by Gasteiger charge is -2.19. The number of amides is 2. The second-order valence-electron chi connectivity index (χ2n) is 5.97. The number of urea groups is 1. The van der Waals surface area contributed by atoms with Gasteiger partial charge >= 0.3 is 6.03 Å². The van der Waals surface area contributed by atoms with Crippen LogP contribution in [0.15, 0.2) is 46.9 Å². The number of carbonyl (C=O) groups is 1. The zero-order valence-electron chi connectivity index (χ0n) is 14.9. The van der Waals surface area contributed by atoms with Gasteiger partial charge in [-0.05, 0) is 51.0 Å². The lowest BCUT2D eigenvalue weighted by atomic mass is 10.0. The third-order valence-electron chi connectivity index (χ3n) is 3.89. The molecule has 0 fully saturated rings. The monoisotopic (exact) mass is 404 g/mol. The summed E-state index contributed by atoms with van der Waals surface area (Å²) in [6, 6.07) is 13.8. The molecule has 1 atom stereocenters. The number of aryl methyl sites for hydroxylation is 1. The highest BCUT2D eigenvalue weighted by atomic mass is 79.9. The molecular weight excluding hydrogens is 380 g/mol. The van der Waals surface area contributed by atoms with Gasteiger partial charge < -0.3 is 15.4 Å². The highest BCUT2D eigenvalue weighted by molar-refractivity contribution is 9.10. The van der Waals surface area contributed by atoms with Gasteiger partial charge in [-0.15, -0.1) is 0 Å². The van der Waals surface area contributed by atoms with Gasteiger partial charge in [0.05, 0.1) is 12.6 Å². The van der Waals surface area contributed by atoms with Gasteiger partial charge in [0.2, 0.25) is 0 Å². The summed E-state index contributed by atoms with van der Waals surface area (Å²) >= 11 is 3.42. The van der Waals surface area contributed by atoms with E-state index in [9.17, 15) is 4.79 Å². The van der Waals surface area contributed by atoms with Crippen molar-refractivity contribution in [3.63, 3.8) is 0 Å². The Kier molecular flexibility index (Phi) is 7.31. The summed E-state index contributed by atoms with van der Waals surface area (Å²) in [6.45, 7) is 7.14. The number of ether oxygens (including phenoxy) is 1. The molecule has 0 bridgehead atoms. The molecule has 4 nitrogen and oxygen atoms in total. The van der Waals surface area contributed by atoms with Crippen LogP contribution in [0.4, 0.5) is 4.79 Å².